The maximum atomic E-state index is 10.0. The van der Waals surface area contributed by atoms with Crippen LogP contribution in [0, 0.1) is 0 Å². The van der Waals surface area contributed by atoms with Crippen LogP contribution >= 0.6 is 0 Å². The van der Waals surface area contributed by atoms with Crippen LogP contribution in [0.1, 0.15) is 32.3 Å². The third-order valence-corrected chi connectivity index (χ3v) is 3.24. The summed E-state index contributed by atoms with van der Waals surface area (Å²) in [5.41, 5.74) is 1.79. The van der Waals surface area contributed by atoms with E-state index in [-0.39, 0.29) is 0 Å². The molecule has 15 heavy (non-hydrogen) atoms. The number of nitrogens with zero attached hydrogens (tertiary/aromatic N) is 1. The van der Waals surface area contributed by atoms with Crippen LogP contribution in [0.3, 0.4) is 0 Å². The summed E-state index contributed by atoms with van der Waals surface area (Å²) in [6.45, 7) is 6.33. The molecule has 2 heteroatoms. The topological polar surface area (TPSA) is 23.5 Å². The van der Waals surface area contributed by atoms with Gasteiger partial charge >= 0.3 is 0 Å². The van der Waals surface area contributed by atoms with Crippen LogP contribution in [0.4, 0.5) is 5.69 Å². The van der Waals surface area contributed by atoms with Crippen LogP contribution in [-0.2, 0) is 5.60 Å². The number of rotatable bonds is 4. The van der Waals surface area contributed by atoms with Crippen LogP contribution in [0.25, 0.3) is 0 Å². The molecule has 1 saturated carbocycles. The van der Waals surface area contributed by atoms with Crippen LogP contribution in [0.5, 0.6) is 0 Å². The molecule has 0 aliphatic heterocycles. The molecule has 1 aliphatic rings. The highest BCUT2D eigenvalue weighted by molar-refractivity contribution is 5.50. The Balaban J connectivity index is 2.26. The van der Waals surface area contributed by atoms with Gasteiger partial charge in [-0.2, -0.15) is 0 Å². The molecule has 1 aliphatic carbocycles. The summed E-state index contributed by atoms with van der Waals surface area (Å²) in [6, 6.07) is 8.31. The predicted octanol–water partition coefficient (Wildman–Crippen LogP) is 2.51. The molecule has 0 heterocycles. The molecule has 0 atom stereocenters. The standard InChI is InChI=1S/C13H19NO/c1-3-14(4-2)12-7-5-6-11(10-12)13(15)8-9-13/h5-7,10,15H,3-4,8-9H2,1-2H3. The quantitative estimate of drug-likeness (QED) is 0.816. The molecule has 82 valence electrons. The second-order valence-corrected chi connectivity index (χ2v) is 4.25. The van der Waals surface area contributed by atoms with E-state index in [0.717, 1.165) is 31.5 Å². The minimum atomic E-state index is -0.511. The van der Waals surface area contributed by atoms with Gasteiger partial charge in [-0.3, -0.25) is 0 Å². The highest BCUT2D eigenvalue weighted by Gasteiger charge is 2.42. The molecule has 1 aromatic rings. The van der Waals surface area contributed by atoms with Gasteiger partial charge in [0, 0.05) is 18.8 Å². The van der Waals surface area contributed by atoms with Gasteiger partial charge in [0.2, 0.25) is 0 Å². The van der Waals surface area contributed by atoms with Gasteiger partial charge in [0.15, 0.2) is 0 Å². The van der Waals surface area contributed by atoms with E-state index in [0.29, 0.717) is 0 Å². The third-order valence-electron chi connectivity index (χ3n) is 3.24. The highest BCUT2D eigenvalue weighted by atomic mass is 16.3. The number of hydrogen-bond donors (Lipinski definition) is 1. The largest absolute Gasteiger partial charge is 0.385 e. The van der Waals surface area contributed by atoms with Crippen molar-refractivity contribution >= 4 is 5.69 Å². The van der Waals surface area contributed by atoms with Crippen LogP contribution < -0.4 is 4.90 Å². The van der Waals surface area contributed by atoms with Crippen molar-refractivity contribution in [1.82, 2.24) is 0 Å². The number of hydrogen-bond acceptors (Lipinski definition) is 2. The molecule has 1 fully saturated rings. The van der Waals surface area contributed by atoms with Crippen molar-refractivity contribution < 1.29 is 5.11 Å². The van der Waals surface area contributed by atoms with E-state index in [1.807, 2.05) is 12.1 Å². The van der Waals surface area contributed by atoms with Crippen molar-refractivity contribution in [3.8, 4) is 0 Å². The fraction of sp³-hybridized carbons (Fsp3) is 0.538. The van der Waals surface area contributed by atoms with E-state index in [2.05, 4.69) is 30.9 Å². The van der Waals surface area contributed by atoms with Crippen LogP contribution in [0.15, 0.2) is 24.3 Å². The number of benzene rings is 1. The first-order chi connectivity index (χ1) is 7.19. The van der Waals surface area contributed by atoms with Crippen molar-refractivity contribution in [2.75, 3.05) is 18.0 Å². The van der Waals surface area contributed by atoms with Gasteiger partial charge in [-0.05, 0) is 44.4 Å². The molecule has 1 N–H and O–H groups in total. The van der Waals surface area contributed by atoms with E-state index in [9.17, 15) is 5.11 Å². The molecule has 0 amide bonds. The molecule has 2 rings (SSSR count). The fourth-order valence-corrected chi connectivity index (χ4v) is 1.99. The Morgan fingerprint density at radius 3 is 2.47 bits per heavy atom. The first-order valence-electron chi connectivity index (χ1n) is 5.77. The molecule has 0 saturated heterocycles. The lowest BCUT2D eigenvalue weighted by molar-refractivity contribution is 0.151. The third kappa shape index (κ3) is 2.00. The van der Waals surface area contributed by atoms with Crippen LogP contribution in [-0.4, -0.2) is 18.2 Å². The molecule has 2 nitrogen and oxygen atoms in total. The summed E-state index contributed by atoms with van der Waals surface area (Å²) < 4.78 is 0. The molecule has 0 spiro atoms. The van der Waals surface area contributed by atoms with Gasteiger partial charge < -0.3 is 10.0 Å². The molecule has 1 aromatic carbocycles. The summed E-state index contributed by atoms with van der Waals surface area (Å²) in [7, 11) is 0. The number of aliphatic hydroxyl groups is 1. The zero-order chi connectivity index (χ0) is 10.9. The molecular weight excluding hydrogens is 186 g/mol. The zero-order valence-electron chi connectivity index (χ0n) is 9.53. The van der Waals surface area contributed by atoms with Gasteiger partial charge in [-0.25, -0.2) is 0 Å². The molecule has 0 unspecified atom stereocenters. The van der Waals surface area contributed by atoms with Crippen molar-refractivity contribution in [2.24, 2.45) is 0 Å². The van der Waals surface area contributed by atoms with E-state index in [1.54, 1.807) is 0 Å². The Hall–Kier alpha value is -1.02. The van der Waals surface area contributed by atoms with Gasteiger partial charge in [0.05, 0.1) is 5.60 Å². The second kappa shape index (κ2) is 3.86. The Morgan fingerprint density at radius 2 is 1.93 bits per heavy atom. The minimum absolute atomic E-state index is 0.511. The summed E-state index contributed by atoms with van der Waals surface area (Å²) in [5, 5.41) is 10.0. The van der Waals surface area contributed by atoms with Crippen molar-refractivity contribution in [3.05, 3.63) is 29.8 Å². The first kappa shape index (κ1) is 10.5. The molecule has 0 bridgehead atoms. The summed E-state index contributed by atoms with van der Waals surface area (Å²) in [6.07, 6.45) is 1.82. The summed E-state index contributed by atoms with van der Waals surface area (Å²) in [5.74, 6) is 0. The Bertz CT molecular complexity index is 340. The second-order valence-electron chi connectivity index (χ2n) is 4.25. The number of anilines is 1. The van der Waals surface area contributed by atoms with E-state index in [1.165, 1.54) is 5.69 Å². The summed E-state index contributed by atoms with van der Waals surface area (Å²) >= 11 is 0. The van der Waals surface area contributed by atoms with Crippen molar-refractivity contribution in [3.63, 3.8) is 0 Å². The molecular formula is C13H19NO. The van der Waals surface area contributed by atoms with Crippen molar-refractivity contribution in [2.45, 2.75) is 32.3 Å². The molecule has 0 aromatic heterocycles. The maximum absolute atomic E-state index is 10.0. The SMILES string of the molecule is CCN(CC)c1cccc(C2(O)CC2)c1. The predicted molar refractivity (Wildman–Crippen MR) is 63.1 cm³/mol. The normalized spacial score (nSPS) is 17.5. The smallest absolute Gasteiger partial charge is 0.0899 e. The van der Waals surface area contributed by atoms with E-state index in [4.69, 9.17) is 0 Å². The lowest BCUT2D eigenvalue weighted by Crippen LogP contribution is -2.22. The fourth-order valence-electron chi connectivity index (χ4n) is 1.99. The van der Waals surface area contributed by atoms with E-state index >= 15 is 0 Å². The average Bonchev–Trinajstić information content (AvgIpc) is 3.00. The average molecular weight is 205 g/mol. The summed E-state index contributed by atoms with van der Waals surface area (Å²) in [4.78, 5) is 2.30. The first-order valence-corrected chi connectivity index (χ1v) is 5.77. The van der Waals surface area contributed by atoms with Gasteiger partial charge in [-0.15, -0.1) is 0 Å². The lowest BCUT2D eigenvalue weighted by atomic mass is 10.1. The Labute approximate surface area is 91.5 Å². The van der Waals surface area contributed by atoms with E-state index < -0.39 is 5.60 Å². The van der Waals surface area contributed by atoms with Crippen LogP contribution in [0.2, 0.25) is 0 Å². The maximum Gasteiger partial charge on any atom is 0.0899 e. The van der Waals surface area contributed by atoms with Gasteiger partial charge in [0.25, 0.3) is 0 Å². The lowest BCUT2D eigenvalue weighted by Gasteiger charge is -2.22. The zero-order valence-corrected chi connectivity index (χ0v) is 9.53. The van der Waals surface area contributed by atoms with Gasteiger partial charge in [-0.1, -0.05) is 12.1 Å². The minimum Gasteiger partial charge on any atom is -0.385 e. The molecule has 0 radical (unpaired) electrons. The Kier molecular flexibility index (Phi) is 2.70. The monoisotopic (exact) mass is 205 g/mol. The Morgan fingerprint density at radius 1 is 1.27 bits per heavy atom. The van der Waals surface area contributed by atoms with Gasteiger partial charge in [0.1, 0.15) is 0 Å². The van der Waals surface area contributed by atoms with Crippen molar-refractivity contribution in [1.29, 1.82) is 0 Å². The highest BCUT2D eigenvalue weighted by Crippen LogP contribution is 2.45.